The lowest BCUT2D eigenvalue weighted by molar-refractivity contribution is -0.137. The Morgan fingerprint density at radius 3 is 2.79 bits per heavy atom. The van der Waals surface area contributed by atoms with Crippen molar-refractivity contribution < 1.29 is 27.5 Å². The number of nitrogens with one attached hydrogen (secondary N) is 1. The van der Waals surface area contributed by atoms with Gasteiger partial charge in [0.15, 0.2) is 0 Å². The number of carbonyl (C=O) groups is 2. The fourth-order valence-electron chi connectivity index (χ4n) is 6.60. The molecule has 0 radical (unpaired) electrons. The summed E-state index contributed by atoms with van der Waals surface area (Å²) in [5.74, 6) is 1.43. The molecule has 0 spiro atoms. The van der Waals surface area contributed by atoms with Crippen LogP contribution in [0.1, 0.15) is 53.8 Å². The molecule has 3 N–H and O–H groups in total. The van der Waals surface area contributed by atoms with Gasteiger partial charge in [0.25, 0.3) is 5.91 Å². The number of rotatable bonds is 6. The second-order valence-electron chi connectivity index (χ2n) is 11.2. The number of hydrogen-bond acceptors (Lipinski definition) is 7. The van der Waals surface area contributed by atoms with Crippen LogP contribution in [0.5, 0.6) is 5.75 Å². The highest BCUT2D eigenvalue weighted by atomic mass is 19.4. The maximum Gasteiger partial charge on any atom is 0.416 e. The average molecular weight is 592 g/mol. The van der Waals surface area contributed by atoms with Crippen LogP contribution < -0.4 is 15.8 Å². The zero-order valence-corrected chi connectivity index (χ0v) is 23.1. The summed E-state index contributed by atoms with van der Waals surface area (Å²) in [6.45, 7) is 2.67. The highest BCUT2D eigenvalue weighted by Crippen LogP contribution is 2.54. The van der Waals surface area contributed by atoms with Gasteiger partial charge in [-0.05, 0) is 62.4 Å². The van der Waals surface area contributed by atoms with Crippen molar-refractivity contribution in [2.45, 2.75) is 44.3 Å². The van der Waals surface area contributed by atoms with Gasteiger partial charge < -0.3 is 20.7 Å². The minimum atomic E-state index is -4.57. The second-order valence-corrected chi connectivity index (χ2v) is 11.2. The zero-order chi connectivity index (χ0) is 30.0. The zero-order valence-electron chi connectivity index (χ0n) is 23.1. The molecule has 1 aromatic carbocycles. The van der Waals surface area contributed by atoms with Gasteiger partial charge in [0.1, 0.15) is 34.4 Å². The van der Waals surface area contributed by atoms with Gasteiger partial charge in [0.05, 0.1) is 12.2 Å². The number of benzene rings is 1. The number of ether oxygens (including phenoxy) is 1. The van der Waals surface area contributed by atoms with E-state index >= 15 is 0 Å². The number of alkyl halides is 3. The van der Waals surface area contributed by atoms with E-state index in [2.05, 4.69) is 15.3 Å². The normalized spacial score (nSPS) is 22.8. The monoisotopic (exact) mass is 591 g/mol. The van der Waals surface area contributed by atoms with Gasteiger partial charge in [0.2, 0.25) is 5.91 Å². The highest BCUT2D eigenvalue weighted by molar-refractivity contribution is 6.04. The number of pyridine rings is 1. The third-order valence-electron chi connectivity index (χ3n) is 8.67. The number of aromatic nitrogens is 4. The Balaban J connectivity index is 1.23. The van der Waals surface area contributed by atoms with Crippen LogP contribution >= 0.6 is 0 Å². The Hall–Kier alpha value is -4.68. The van der Waals surface area contributed by atoms with Gasteiger partial charge in [-0.15, -0.1) is 0 Å². The Morgan fingerprint density at radius 1 is 1.16 bits per heavy atom. The molecule has 222 valence electrons. The van der Waals surface area contributed by atoms with Gasteiger partial charge >= 0.3 is 6.18 Å². The van der Waals surface area contributed by atoms with Crippen molar-refractivity contribution >= 4 is 29.0 Å². The van der Waals surface area contributed by atoms with Gasteiger partial charge in [-0.3, -0.25) is 14.0 Å². The molecule has 13 heteroatoms. The van der Waals surface area contributed by atoms with Gasteiger partial charge in [-0.1, -0.05) is 0 Å². The quantitative estimate of drug-likeness (QED) is 0.331. The molecule has 43 heavy (non-hydrogen) atoms. The summed E-state index contributed by atoms with van der Waals surface area (Å²) in [6, 6.07) is 6.65. The summed E-state index contributed by atoms with van der Waals surface area (Å²) in [7, 11) is 0. The minimum Gasteiger partial charge on any atom is -0.493 e. The molecule has 2 saturated heterocycles. The van der Waals surface area contributed by atoms with Crippen molar-refractivity contribution in [3.8, 4) is 17.0 Å². The Morgan fingerprint density at radius 2 is 2.00 bits per heavy atom. The number of imidazole rings is 1. The van der Waals surface area contributed by atoms with E-state index in [1.54, 1.807) is 31.5 Å². The van der Waals surface area contributed by atoms with Crippen molar-refractivity contribution in [2.24, 2.45) is 11.8 Å². The molecule has 7 rings (SSSR count). The topological polar surface area (TPSA) is 128 Å². The Labute approximate surface area is 244 Å². The number of nitrogen functional groups attached to an aromatic ring is 1. The molecule has 3 aliphatic rings. The van der Waals surface area contributed by atoms with Crippen LogP contribution in [0, 0.1) is 11.8 Å². The fraction of sp³-hybridized carbons (Fsp3) is 0.367. The molecular weight excluding hydrogens is 563 g/mol. The van der Waals surface area contributed by atoms with Crippen LogP contribution in [-0.4, -0.2) is 55.3 Å². The number of piperidine rings is 2. The maximum atomic E-state index is 13.1. The lowest BCUT2D eigenvalue weighted by Crippen LogP contribution is -2.43. The first-order valence-electron chi connectivity index (χ1n) is 14.2. The van der Waals surface area contributed by atoms with Crippen LogP contribution in [0.4, 0.5) is 24.8 Å². The second kappa shape index (κ2) is 9.96. The van der Waals surface area contributed by atoms with Crippen LogP contribution in [0.2, 0.25) is 0 Å². The molecular formula is C30H28F3N7O3. The van der Waals surface area contributed by atoms with Crippen molar-refractivity contribution in [3.05, 3.63) is 65.9 Å². The minimum absolute atomic E-state index is 0.00121. The van der Waals surface area contributed by atoms with E-state index in [0.29, 0.717) is 41.0 Å². The van der Waals surface area contributed by atoms with Crippen molar-refractivity contribution in [2.75, 3.05) is 24.2 Å². The molecule has 4 aromatic rings. The number of carbonyl (C=O) groups excluding carboxylic acids is 2. The summed E-state index contributed by atoms with van der Waals surface area (Å²) in [5, 5.41) is 2.43. The Kier molecular flexibility index (Phi) is 6.29. The number of anilines is 2. The maximum absolute atomic E-state index is 13.1. The van der Waals surface area contributed by atoms with Crippen LogP contribution in [-0.2, 0) is 11.0 Å². The number of fused-ring (bicyclic) bond motifs is 4. The highest BCUT2D eigenvalue weighted by Gasteiger charge is 2.59. The van der Waals surface area contributed by atoms with Crippen LogP contribution in [0.25, 0.3) is 16.8 Å². The number of nitrogens with zero attached hydrogens (tertiary/aromatic N) is 5. The molecule has 10 nitrogen and oxygen atoms in total. The van der Waals surface area contributed by atoms with Crippen molar-refractivity contribution in [1.29, 1.82) is 0 Å². The summed E-state index contributed by atoms with van der Waals surface area (Å²) < 4.78 is 47.2. The average Bonchev–Trinajstić information content (AvgIpc) is 3.61. The fourth-order valence-corrected chi connectivity index (χ4v) is 6.60. The number of hydrogen-bond donors (Lipinski definition) is 2. The number of nitrogens with two attached hydrogens (primary N) is 1. The summed E-state index contributed by atoms with van der Waals surface area (Å²) in [6.07, 6.45) is 2.65. The number of amides is 2. The van der Waals surface area contributed by atoms with Gasteiger partial charge in [0, 0.05) is 54.1 Å². The molecule has 5 heterocycles. The van der Waals surface area contributed by atoms with E-state index in [4.69, 9.17) is 15.5 Å². The molecule has 4 atom stereocenters. The van der Waals surface area contributed by atoms with E-state index < -0.39 is 17.6 Å². The molecule has 1 aliphatic carbocycles. The molecule has 2 amide bonds. The summed E-state index contributed by atoms with van der Waals surface area (Å²) in [4.78, 5) is 41.1. The van der Waals surface area contributed by atoms with E-state index in [9.17, 15) is 22.8 Å². The SMILES string of the molecule is CCOc1cc(C(=O)Nc2cc(C(F)(F)F)ccn2)ccc1-c1nc(C2CCC3[C@H]4C[C@@H]4C(=O)N3C2)n2ccnc(N)c12. The van der Waals surface area contributed by atoms with E-state index in [1.807, 2.05) is 9.30 Å². The van der Waals surface area contributed by atoms with Crippen LogP contribution in [0.15, 0.2) is 48.9 Å². The third kappa shape index (κ3) is 4.63. The molecule has 0 bridgehead atoms. The predicted molar refractivity (Wildman–Crippen MR) is 150 cm³/mol. The smallest absolute Gasteiger partial charge is 0.416 e. The summed E-state index contributed by atoms with van der Waals surface area (Å²) >= 11 is 0. The standard InChI is InChI=1S/C30H28F3N7O3/c1-2-43-22-11-15(28(41)37-23-12-17(7-8-35-23)30(31,32)33)3-5-18(22)24-25-26(34)36-9-10-39(25)27(38-24)16-4-6-21-19-13-20(19)29(42)40(21)14-16/h3,5,7-12,16,19-21H,2,4,6,13-14H2,1H3,(H2,34,36)(H,35,37,41)/t16?,19-,20-,21?/m0/s1. The lowest BCUT2D eigenvalue weighted by Gasteiger charge is -2.36. The van der Waals surface area contributed by atoms with E-state index in [1.165, 1.54) is 6.07 Å². The van der Waals surface area contributed by atoms with Crippen LogP contribution in [0.3, 0.4) is 0 Å². The first kappa shape index (κ1) is 27.2. The molecule has 1 saturated carbocycles. The molecule has 3 fully saturated rings. The molecule has 3 aromatic heterocycles. The number of halogens is 3. The first-order chi connectivity index (χ1) is 20.6. The molecule has 2 aliphatic heterocycles. The van der Waals surface area contributed by atoms with Gasteiger partial charge in [-0.25, -0.2) is 15.0 Å². The lowest BCUT2D eigenvalue weighted by atomic mass is 9.91. The van der Waals surface area contributed by atoms with E-state index in [-0.39, 0.29) is 41.5 Å². The van der Waals surface area contributed by atoms with Gasteiger partial charge in [-0.2, -0.15) is 13.2 Å². The molecule has 2 unspecified atom stereocenters. The first-order valence-corrected chi connectivity index (χ1v) is 14.2. The summed E-state index contributed by atoms with van der Waals surface area (Å²) in [5.41, 5.74) is 7.29. The Bertz CT molecular complexity index is 1770. The van der Waals surface area contributed by atoms with Crippen molar-refractivity contribution in [1.82, 2.24) is 24.3 Å². The van der Waals surface area contributed by atoms with Crippen molar-refractivity contribution in [3.63, 3.8) is 0 Å². The third-order valence-corrected chi connectivity index (χ3v) is 8.67. The predicted octanol–water partition coefficient (Wildman–Crippen LogP) is 4.77. The largest absolute Gasteiger partial charge is 0.493 e. The van der Waals surface area contributed by atoms with E-state index in [0.717, 1.165) is 43.4 Å².